The fourth-order valence-corrected chi connectivity index (χ4v) is 4.09. The number of amides is 2. The third kappa shape index (κ3) is 5.24. The molecule has 1 saturated heterocycles. The van der Waals surface area contributed by atoms with Crippen molar-refractivity contribution < 1.29 is 23.8 Å². The molecule has 1 fully saturated rings. The summed E-state index contributed by atoms with van der Waals surface area (Å²) < 4.78 is 17.1. The van der Waals surface area contributed by atoms with Crippen LogP contribution in [0.15, 0.2) is 45.8 Å². The molecule has 3 rings (SSSR count). The Labute approximate surface area is 188 Å². The molecule has 30 heavy (non-hydrogen) atoms. The third-order valence-electron chi connectivity index (χ3n) is 4.48. The summed E-state index contributed by atoms with van der Waals surface area (Å²) in [5, 5.41) is -0.301. The molecule has 2 aromatic rings. The summed E-state index contributed by atoms with van der Waals surface area (Å²) in [6, 6.07) is 11.7. The molecule has 2 amide bonds. The van der Waals surface area contributed by atoms with Crippen molar-refractivity contribution in [1.82, 2.24) is 4.90 Å². The highest BCUT2D eigenvalue weighted by atomic mass is 79.9. The number of carbonyl (C=O) groups excluding carboxylic acids is 2. The summed E-state index contributed by atoms with van der Waals surface area (Å²) in [5.74, 6) is 0.790. The van der Waals surface area contributed by atoms with Gasteiger partial charge in [0.25, 0.3) is 11.1 Å². The lowest BCUT2D eigenvalue weighted by Gasteiger charge is -2.13. The van der Waals surface area contributed by atoms with Crippen molar-refractivity contribution in [1.29, 1.82) is 0 Å². The van der Waals surface area contributed by atoms with E-state index >= 15 is 0 Å². The summed E-state index contributed by atoms with van der Waals surface area (Å²) in [7, 11) is 3.09. The first-order chi connectivity index (χ1) is 14.4. The second kappa shape index (κ2) is 10.1. The van der Waals surface area contributed by atoms with Crippen LogP contribution in [0.5, 0.6) is 11.5 Å². The summed E-state index contributed by atoms with van der Waals surface area (Å²) >= 11 is 4.44. The molecule has 1 heterocycles. The predicted octanol–water partition coefficient (Wildman–Crippen LogP) is 5.03. The van der Waals surface area contributed by atoms with Crippen LogP contribution in [-0.4, -0.2) is 43.4 Å². The van der Waals surface area contributed by atoms with Crippen LogP contribution in [0.2, 0.25) is 0 Å². The molecule has 8 heteroatoms. The Bertz CT molecular complexity index is 974. The number of hydrogen-bond acceptors (Lipinski definition) is 6. The molecule has 0 aliphatic carbocycles. The van der Waals surface area contributed by atoms with Gasteiger partial charge in [-0.1, -0.05) is 45.8 Å². The van der Waals surface area contributed by atoms with Gasteiger partial charge in [-0.15, -0.1) is 0 Å². The average Bonchev–Trinajstić information content (AvgIpc) is 3.00. The highest BCUT2D eigenvalue weighted by Crippen LogP contribution is 2.38. The number of benzene rings is 2. The van der Waals surface area contributed by atoms with E-state index in [0.29, 0.717) is 35.2 Å². The maximum Gasteiger partial charge on any atom is 0.293 e. The maximum absolute atomic E-state index is 12.5. The molecule has 0 radical (unpaired) electrons. The Kier molecular flexibility index (Phi) is 7.58. The van der Waals surface area contributed by atoms with Gasteiger partial charge < -0.3 is 14.2 Å². The number of nitrogens with zero attached hydrogens (tertiary/aromatic N) is 1. The van der Waals surface area contributed by atoms with E-state index in [1.165, 1.54) is 17.6 Å². The van der Waals surface area contributed by atoms with Gasteiger partial charge in [0, 0.05) is 11.6 Å². The topological polar surface area (TPSA) is 65.1 Å². The van der Waals surface area contributed by atoms with E-state index in [1.807, 2.05) is 31.2 Å². The minimum absolute atomic E-state index is 0.231. The van der Waals surface area contributed by atoms with Crippen molar-refractivity contribution in [3.8, 4) is 11.5 Å². The molecule has 0 unspecified atom stereocenters. The second-order valence-corrected chi connectivity index (χ2v) is 8.47. The normalized spacial score (nSPS) is 15.2. The SMILES string of the molecule is COCCN1C(=O)S/C(=C/c2cc(OC)c(OCc3ccc(C)cc3)cc2Br)C1=O. The standard InChI is InChI=1S/C22H22BrNO5S/c1-14-4-6-15(7-5-14)13-29-19-12-17(23)16(10-18(19)28-3)11-20-21(25)24(8-9-27-2)22(26)30-20/h4-7,10-12H,8-9,13H2,1-3H3/b20-11+. The first kappa shape index (κ1) is 22.4. The third-order valence-corrected chi connectivity index (χ3v) is 6.07. The Morgan fingerprint density at radius 3 is 2.50 bits per heavy atom. The van der Waals surface area contributed by atoms with Gasteiger partial charge in [-0.3, -0.25) is 14.5 Å². The number of rotatable bonds is 8. The number of carbonyl (C=O) groups is 2. The lowest BCUT2D eigenvalue weighted by atomic mass is 10.1. The zero-order chi connectivity index (χ0) is 21.7. The highest BCUT2D eigenvalue weighted by molar-refractivity contribution is 9.10. The van der Waals surface area contributed by atoms with Crippen molar-refractivity contribution >= 4 is 44.9 Å². The molecule has 0 bridgehead atoms. The van der Waals surface area contributed by atoms with Crippen LogP contribution in [0, 0.1) is 6.92 Å². The van der Waals surface area contributed by atoms with Crippen molar-refractivity contribution in [2.75, 3.05) is 27.4 Å². The lowest BCUT2D eigenvalue weighted by Crippen LogP contribution is -2.31. The minimum Gasteiger partial charge on any atom is -0.493 e. The van der Waals surface area contributed by atoms with Crippen LogP contribution in [0.3, 0.4) is 0 Å². The molecule has 0 aromatic heterocycles. The number of hydrogen-bond donors (Lipinski definition) is 0. The monoisotopic (exact) mass is 491 g/mol. The summed E-state index contributed by atoms with van der Waals surface area (Å²) in [6.07, 6.45) is 1.67. The Morgan fingerprint density at radius 1 is 1.10 bits per heavy atom. The van der Waals surface area contributed by atoms with Gasteiger partial charge in [-0.05, 0) is 48.0 Å². The molecule has 1 aliphatic heterocycles. The minimum atomic E-state index is -0.326. The van der Waals surface area contributed by atoms with E-state index in [9.17, 15) is 9.59 Å². The van der Waals surface area contributed by atoms with Gasteiger partial charge in [0.1, 0.15) is 6.61 Å². The first-order valence-corrected chi connectivity index (χ1v) is 10.8. The zero-order valence-corrected chi connectivity index (χ0v) is 19.3. The predicted molar refractivity (Wildman–Crippen MR) is 121 cm³/mol. The fraction of sp³-hybridized carbons (Fsp3) is 0.273. The molecular formula is C22H22BrNO5S. The zero-order valence-electron chi connectivity index (χ0n) is 16.9. The number of halogens is 1. The molecule has 2 aromatic carbocycles. The number of aryl methyl sites for hydroxylation is 1. The second-order valence-electron chi connectivity index (χ2n) is 6.63. The number of ether oxygens (including phenoxy) is 3. The van der Waals surface area contributed by atoms with Crippen molar-refractivity contribution in [2.24, 2.45) is 0 Å². The molecule has 6 nitrogen and oxygen atoms in total. The van der Waals surface area contributed by atoms with Crippen molar-refractivity contribution in [3.63, 3.8) is 0 Å². The smallest absolute Gasteiger partial charge is 0.293 e. The number of imide groups is 1. The van der Waals surface area contributed by atoms with E-state index < -0.39 is 0 Å². The van der Waals surface area contributed by atoms with Crippen LogP contribution in [0.4, 0.5) is 4.79 Å². The van der Waals surface area contributed by atoms with Crippen LogP contribution in [0.1, 0.15) is 16.7 Å². The van der Waals surface area contributed by atoms with Gasteiger partial charge in [0.05, 0.1) is 25.2 Å². The Balaban J connectivity index is 1.80. The van der Waals surface area contributed by atoms with E-state index in [2.05, 4.69) is 15.9 Å². The van der Waals surface area contributed by atoms with Crippen molar-refractivity contribution in [2.45, 2.75) is 13.5 Å². The van der Waals surface area contributed by atoms with Gasteiger partial charge >= 0.3 is 0 Å². The highest BCUT2D eigenvalue weighted by Gasteiger charge is 2.34. The maximum atomic E-state index is 12.5. The molecule has 0 spiro atoms. The van der Waals surface area contributed by atoms with E-state index in [0.717, 1.165) is 21.8 Å². The van der Waals surface area contributed by atoms with E-state index in [1.54, 1.807) is 25.3 Å². The number of methoxy groups -OCH3 is 2. The van der Waals surface area contributed by atoms with E-state index in [-0.39, 0.29) is 17.7 Å². The lowest BCUT2D eigenvalue weighted by molar-refractivity contribution is -0.123. The van der Waals surface area contributed by atoms with Gasteiger partial charge in [-0.25, -0.2) is 0 Å². The van der Waals surface area contributed by atoms with Crippen LogP contribution < -0.4 is 9.47 Å². The molecular weight excluding hydrogens is 470 g/mol. The molecule has 1 aliphatic rings. The first-order valence-electron chi connectivity index (χ1n) is 9.23. The molecule has 0 atom stereocenters. The van der Waals surface area contributed by atoms with Crippen LogP contribution in [-0.2, 0) is 16.1 Å². The molecule has 0 N–H and O–H groups in total. The van der Waals surface area contributed by atoms with Crippen molar-refractivity contribution in [3.05, 3.63) is 62.5 Å². The van der Waals surface area contributed by atoms with Gasteiger partial charge in [0.15, 0.2) is 11.5 Å². The number of thioether (sulfide) groups is 1. The average molecular weight is 492 g/mol. The molecule has 158 valence electrons. The molecule has 0 saturated carbocycles. The summed E-state index contributed by atoms with van der Waals surface area (Å²) in [4.78, 5) is 26.2. The Hall–Kier alpha value is -2.29. The fourth-order valence-electron chi connectivity index (χ4n) is 2.80. The summed E-state index contributed by atoms with van der Waals surface area (Å²) in [6.45, 7) is 2.97. The quantitative estimate of drug-likeness (QED) is 0.482. The van der Waals surface area contributed by atoms with E-state index in [4.69, 9.17) is 14.2 Å². The summed E-state index contributed by atoms with van der Waals surface area (Å²) in [5.41, 5.74) is 2.95. The van der Waals surface area contributed by atoms with Crippen LogP contribution in [0.25, 0.3) is 6.08 Å². The van der Waals surface area contributed by atoms with Gasteiger partial charge in [0.2, 0.25) is 0 Å². The van der Waals surface area contributed by atoms with Crippen LogP contribution >= 0.6 is 27.7 Å². The van der Waals surface area contributed by atoms with Gasteiger partial charge in [-0.2, -0.15) is 0 Å². The Morgan fingerprint density at radius 2 is 1.83 bits per heavy atom. The largest absolute Gasteiger partial charge is 0.493 e.